The van der Waals surface area contributed by atoms with Crippen molar-refractivity contribution in [3.63, 3.8) is 0 Å². The van der Waals surface area contributed by atoms with Crippen LogP contribution >= 0.6 is 31.9 Å². The number of aromatic nitrogens is 10. The minimum Gasteiger partial charge on any atom is -0.480 e. The van der Waals surface area contributed by atoms with Crippen LogP contribution in [0.3, 0.4) is 0 Å². The van der Waals surface area contributed by atoms with Crippen molar-refractivity contribution in [2.24, 2.45) is 0 Å². The SMILES string of the molecule is CCn1cc(Cc2cc(C(F)F)nn2-c2ccc(F)cc2[C@@H](C)O)c(OC)n1.CCn1cc(Cc2cc(C(F)F)nn2-c2ccc(F)cc2[C@@H](C)Oc2cc(Br)cnc2[N+](=O)[O-])c(OC)n1.O=[N+]([O-])c1ncc(Br)cc1F. The number of aliphatic hydroxyl groups excluding tert-OH is 1. The number of halogens is 9. The van der Waals surface area contributed by atoms with E-state index in [0.29, 0.717) is 62.0 Å². The molecule has 1 N–H and O–H groups in total. The van der Waals surface area contributed by atoms with Gasteiger partial charge in [0.2, 0.25) is 23.3 Å². The third kappa shape index (κ3) is 14.4. The summed E-state index contributed by atoms with van der Waals surface area (Å²) in [5, 5.41) is 48.1. The van der Waals surface area contributed by atoms with E-state index in [1.807, 2.05) is 13.8 Å². The lowest BCUT2D eigenvalue weighted by molar-refractivity contribution is -0.392. The Balaban J connectivity index is 0.000000214. The molecule has 8 aromatic rings. The number of aryl methyl sites for hydroxylation is 2. The Kier molecular flexibility index (Phi) is 19.6. The molecule has 0 amide bonds. The lowest BCUT2D eigenvalue weighted by atomic mass is 10.1. The number of benzene rings is 2. The fourth-order valence-corrected chi connectivity index (χ4v) is 8.10. The van der Waals surface area contributed by atoms with E-state index in [9.17, 15) is 56.1 Å². The van der Waals surface area contributed by atoms with E-state index in [1.54, 1.807) is 28.7 Å². The van der Waals surface area contributed by atoms with E-state index in [1.165, 1.54) is 91.4 Å². The number of pyridine rings is 2. The molecular formula is C48H45Br2F7N12O8. The molecular weight excluding hydrogens is 1170 g/mol. The molecule has 77 heavy (non-hydrogen) atoms. The Morgan fingerprint density at radius 2 is 1.09 bits per heavy atom. The van der Waals surface area contributed by atoms with E-state index >= 15 is 0 Å². The summed E-state index contributed by atoms with van der Waals surface area (Å²) in [6.45, 7) is 8.04. The van der Waals surface area contributed by atoms with Gasteiger partial charge in [-0.05, 0) is 128 Å². The lowest BCUT2D eigenvalue weighted by Crippen LogP contribution is -2.13. The van der Waals surface area contributed by atoms with Gasteiger partial charge in [-0.2, -0.15) is 14.6 Å². The number of rotatable bonds is 18. The standard InChI is InChI=1S/C24H22BrF3N6O4.C19H21F3N4O2.C5H2BrFN2O2/c1-4-32-12-14(24(31-32)37-3)7-17-10-19(22(27)28)30-33(17)20-6-5-16(26)9-18(20)13(2)38-21-8-15(25)11-29-23(21)34(35)36;1-4-25-10-12(19(24-25)28-3)7-14-9-16(18(21)22)23-26(14)17-6-5-13(20)8-15(17)11(2)27;6-3-1-4(7)5(8-2-3)9(10)11/h5-6,8-13,22H,4,7H2,1-3H3;5-6,8-11,18,27H,4,7H2,1-3H3;1-2H/t13-;11-;/m11./s1. The first kappa shape index (κ1) is 58.5. The Bertz CT molecular complexity index is 3370. The number of aliphatic hydroxyl groups is 1. The maximum atomic E-state index is 14.4. The highest BCUT2D eigenvalue weighted by molar-refractivity contribution is 9.10. The van der Waals surface area contributed by atoms with Gasteiger partial charge in [0.25, 0.3) is 12.9 Å². The number of hydrogen-bond acceptors (Lipinski definition) is 14. The highest BCUT2D eigenvalue weighted by Gasteiger charge is 2.27. The molecule has 0 unspecified atom stereocenters. The summed E-state index contributed by atoms with van der Waals surface area (Å²) in [6.07, 6.45) is -1.29. The van der Waals surface area contributed by atoms with Crippen molar-refractivity contribution in [2.45, 2.75) is 78.7 Å². The fourth-order valence-electron chi connectivity index (χ4n) is 7.48. The molecule has 6 aromatic heterocycles. The molecule has 0 fully saturated rings. The average molecular weight is 1210 g/mol. The summed E-state index contributed by atoms with van der Waals surface area (Å²) in [7, 11) is 2.94. The first-order chi connectivity index (χ1) is 36.5. The zero-order valence-electron chi connectivity index (χ0n) is 41.3. The first-order valence-electron chi connectivity index (χ1n) is 22.7. The Hall–Kier alpha value is -7.79. The molecule has 6 heterocycles. The van der Waals surface area contributed by atoms with Crippen molar-refractivity contribution in [3.8, 4) is 28.9 Å². The van der Waals surface area contributed by atoms with Crippen LogP contribution in [-0.2, 0) is 25.9 Å². The molecule has 0 saturated carbocycles. The van der Waals surface area contributed by atoms with Gasteiger partial charge in [0.05, 0.1) is 40.6 Å². The minimum atomic E-state index is -2.86. The molecule has 29 heteroatoms. The first-order valence-corrected chi connectivity index (χ1v) is 24.3. The van der Waals surface area contributed by atoms with Crippen LogP contribution in [0.2, 0.25) is 0 Å². The Morgan fingerprint density at radius 3 is 1.51 bits per heavy atom. The van der Waals surface area contributed by atoms with Crippen molar-refractivity contribution in [2.75, 3.05) is 14.2 Å². The molecule has 0 aliphatic carbocycles. The van der Waals surface area contributed by atoms with Crippen LogP contribution in [0, 0.1) is 37.7 Å². The summed E-state index contributed by atoms with van der Waals surface area (Å²) in [4.78, 5) is 26.9. The van der Waals surface area contributed by atoms with Crippen molar-refractivity contribution in [1.29, 1.82) is 0 Å². The molecule has 2 atom stereocenters. The fraction of sp³-hybridized carbons (Fsp3) is 0.292. The molecule has 20 nitrogen and oxygen atoms in total. The van der Waals surface area contributed by atoms with Crippen LogP contribution < -0.4 is 14.2 Å². The van der Waals surface area contributed by atoms with Crippen LogP contribution in [-0.4, -0.2) is 78.3 Å². The van der Waals surface area contributed by atoms with Gasteiger partial charge >= 0.3 is 11.6 Å². The summed E-state index contributed by atoms with van der Waals surface area (Å²) >= 11 is 6.12. The molecule has 0 spiro atoms. The number of nitro groups is 2. The predicted octanol–water partition coefficient (Wildman–Crippen LogP) is 11.7. The number of nitrogens with zero attached hydrogens (tertiary/aromatic N) is 12. The molecule has 408 valence electrons. The summed E-state index contributed by atoms with van der Waals surface area (Å²) in [5.74, 6) is -2.80. The van der Waals surface area contributed by atoms with Crippen LogP contribution in [0.4, 0.5) is 42.4 Å². The van der Waals surface area contributed by atoms with E-state index < -0.39 is 75.4 Å². The summed E-state index contributed by atoms with van der Waals surface area (Å²) in [6, 6.07) is 12.4. The number of hydrogen-bond donors (Lipinski definition) is 1. The van der Waals surface area contributed by atoms with Gasteiger partial charge in [-0.25, -0.2) is 35.7 Å². The summed E-state index contributed by atoms with van der Waals surface area (Å²) in [5.41, 5.74) is 2.33. The highest BCUT2D eigenvalue weighted by atomic mass is 79.9. The number of methoxy groups -OCH3 is 2. The quantitative estimate of drug-likeness (QED) is 0.0478. The highest BCUT2D eigenvalue weighted by Crippen LogP contribution is 2.36. The van der Waals surface area contributed by atoms with Crippen molar-refractivity contribution < 1.29 is 59.9 Å². The molecule has 0 saturated heterocycles. The van der Waals surface area contributed by atoms with Crippen LogP contribution in [0.25, 0.3) is 11.4 Å². The Labute approximate surface area is 449 Å². The maximum absolute atomic E-state index is 14.4. The number of ether oxygens (including phenoxy) is 3. The zero-order valence-corrected chi connectivity index (χ0v) is 44.5. The van der Waals surface area contributed by atoms with Crippen molar-refractivity contribution in [1.82, 2.24) is 49.1 Å². The van der Waals surface area contributed by atoms with Gasteiger partial charge in [0.1, 0.15) is 29.1 Å². The third-order valence-corrected chi connectivity index (χ3v) is 11.9. The molecule has 0 radical (unpaired) electrons. The normalized spacial score (nSPS) is 11.9. The third-order valence-electron chi connectivity index (χ3n) is 11.0. The van der Waals surface area contributed by atoms with Gasteiger partial charge < -0.3 is 39.5 Å². The van der Waals surface area contributed by atoms with Crippen molar-refractivity contribution in [3.05, 3.63) is 177 Å². The maximum Gasteiger partial charge on any atom is 0.406 e. The topological polar surface area (TPSA) is 231 Å². The second-order valence-electron chi connectivity index (χ2n) is 16.2. The van der Waals surface area contributed by atoms with Gasteiger partial charge in [-0.15, -0.1) is 10.2 Å². The second-order valence-corrected chi connectivity index (χ2v) is 18.1. The van der Waals surface area contributed by atoms with Gasteiger partial charge in [-0.3, -0.25) is 9.36 Å². The van der Waals surface area contributed by atoms with Crippen LogP contribution in [0.15, 0.2) is 94.4 Å². The molecule has 0 aliphatic heterocycles. The minimum absolute atomic E-state index is 0.135. The van der Waals surface area contributed by atoms with Crippen molar-refractivity contribution >= 4 is 43.5 Å². The average Bonchev–Trinajstić information content (AvgIpc) is 4.21. The van der Waals surface area contributed by atoms with E-state index in [0.717, 1.165) is 12.1 Å². The zero-order chi connectivity index (χ0) is 56.4. The van der Waals surface area contributed by atoms with Gasteiger partial charge in [-0.1, -0.05) is 0 Å². The van der Waals surface area contributed by atoms with E-state index in [2.05, 4.69) is 62.2 Å². The summed E-state index contributed by atoms with van der Waals surface area (Å²) < 4.78 is 118. The van der Waals surface area contributed by atoms with E-state index in [-0.39, 0.29) is 35.4 Å². The van der Waals surface area contributed by atoms with Gasteiger partial charge in [0.15, 0.2) is 12.4 Å². The molecule has 0 bridgehead atoms. The second kappa shape index (κ2) is 25.8. The van der Waals surface area contributed by atoms with Crippen LogP contribution in [0.1, 0.15) is 97.8 Å². The lowest BCUT2D eigenvalue weighted by Gasteiger charge is -2.19. The smallest absolute Gasteiger partial charge is 0.406 e. The van der Waals surface area contributed by atoms with Crippen LogP contribution in [0.5, 0.6) is 17.5 Å². The molecule has 0 aliphatic rings. The van der Waals surface area contributed by atoms with Gasteiger partial charge in [0, 0.05) is 84.1 Å². The monoisotopic (exact) mass is 1210 g/mol. The Morgan fingerprint density at radius 1 is 0.649 bits per heavy atom. The number of alkyl halides is 4. The molecule has 8 rings (SSSR count). The predicted molar refractivity (Wildman–Crippen MR) is 268 cm³/mol. The van der Waals surface area contributed by atoms with E-state index in [4.69, 9.17) is 14.2 Å². The largest absolute Gasteiger partial charge is 0.480 e. The molecule has 2 aromatic carbocycles.